The van der Waals surface area contributed by atoms with Crippen molar-refractivity contribution in [3.63, 3.8) is 0 Å². The van der Waals surface area contributed by atoms with E-state index in [9.17, 15) is 9.59 Å². The van der Waals surface area contributed by atoms with Gasteiger partial charge in [0.1, 0.15) is 11.3 Å². The topological polar surface area (TPSA) is 91.6 Å². The first-order chi connectivity index (χ1) is 12.7. The highest BCUT2D eigenvalue weighted by atomic mass is 16.5. The molecular weight excluding hydrogens is 332 g/mol. The van der Waals surface area contributed by atoms with Crippen LogP contribution in [0.5, 0.6) is 0 Å². The number of rotatable bonds is 5. The van der Waals surface area contributed by atoms with Crippen molar-refractivity contribution in [1.82, 2.24) is 10.8 Å². The maximum atomic E-state index is 12.2. The Labute approximate surface area is 150 Å². The molecule has 132 valence electrons. The highest BCUT2D eigenvalue weighted by Gasteiger charge is 2.13. The van der Waals surface area contributed by atoms with E-state index in [0.717, 1.165) is 16.7 Å². The van der Waals surface area contributed by atoms with Crippen molar-refractivity contribution in [2.75, 3.05) is 0 Å². The molecule has 0 spiro atoms. The number of para-hydroxylation sites is 1. The molecule has 1 aliphatic rings. The van der Waals surface area contributed by atoms with Crippen LogP contribution in [0, 0.1) is 0 Å². The fourth-order valence-corrected chi connectivity index (χ4v) is 2.54. The van der Waals surface area contributed by atoms with Gasteiger partial charge in [-0.15, -0.1) is 0 Å². The van der Waals surface area contributed by atoms with Crippen LogP contribution in [0.15, 0.2) is 83.0 Å². The van der Waals surface area contributed by atoms with Crippen LogP contribution < -0.4 is 10.8 Å². The van der Waals surface area contributed by atoms with Gasteiger partial charge in [0, 0.05) is 23.6 Å². The second-order valence-electron chi connectivity index (χ2n) is 5.69. The molecule has 6 nitrogen and oxygen atoms in total. The van der Waals surface area contributed by atoms with Gasteiger partial charge in [0.25, 0.3) is 5.91 Å². The zero-order chi connectivity index (χ0) is 18.4. The van der Waals surface area contributed by atoms with Crippen LogP contribution >= 0.6 is 0 Å². The van der Waals surface area contributed by atoms with Crippen molar-refractivity contribution in [1.29, 1.82) is 0 Å². The molecule has 1 heterocycles. The fourth-order valence-electron chi connectivity index (χ4n) is 2.54. The molecule has 3 N–H and O–H groups in total. The lowest BCUT2D eigenvalue weighted by Crippen LogP contribution is -2.19. The SMILES string of the molecule is O=C(C/C=C/NC(=O)C1=CC=CC(c2cc3ccccc3o2)C=C1)NO. The van der Waals surface area contributed by atoms with Crippen molar-refractivity contribution >= 4 is 22.8 Å². The van der Waals surface area contributed by atoms with Crippen molar-refractivity contribution in [2.45, 2.75) is 12.3 Å². The van der Waals surface area contributed by atoms with Crippen molar-refractivity contribution in [3.8, 4) is 0 Å². The number of hydrogen-bond donors (Lipinski definition) is 3. The lowest BCUT2D eigenvalue weighted by molar-refractivity contribution is -0.128. The van der Waals surface area contributed by atoms with Gasteiger partial charge in [-0.1, -0.05) is 48.6 Å². The summed E-state index contributed by atoms with van der Waals surface area (Å²) in [5.41, 5.74) is 2.82. The molecular formula is C20H18N2O4. The fraction of sp³-hybridized carbons (Fsp3) is 0.100. The maximum Gasteiger partial charge on any atom is 0.255 e. The summed E-state index contributed by atoms with van der Waals surface area (Å²) in [4.78, 5) is 23.0. The molecule has 2 aromatic rings. The number of benzene rings is 1. The molecule has 1 aliphatic carbocycles. The summed E-state index contributed by atoms with van der Waals surface area (Å²) >= 11 is 0. The minimum Gasteiger partial charge on any atom is -0.460 e. The number of fused-ring (bicyclic) bond motifs is 1. The first-order valence-corrected chi connectivity index (χ1v) is 8.11. The average molecular weight is 350 g/mol. The maximum absolute atomic E-state index is 12.2. The highest BCUT2D eigenvalue weighted by Crippen LogP contribution is 2.28. The van der Waals surface area contributed by atoms with Crippen molar-refractivity contribution < 1.29 is 19.2 Å². The molecule has 0 saturated heterocycles. The number of carbonyl (C=O) groups excluding carboxylic acids is 2. The predicted octanol–water partition coefficient (Wildman–Crippen LogP) is 3.09. The standard InChI is InChI=1S/C20H18N2O4/c23-19(22-25)9-4-12-21-20(24)15-7-3-6-14(10-11-15)18-13-16-5-1-2-8-17(16)26-18/h1-8,10-14,25H,9H2,(H,21,24)(H,22,23)/b12-4+. The summed E-state index contributed by atoms with van der Waals surface area (Å²) in [6.07, 6.45) is 11.9. The Hall–Kier alpha value is -3.38. The Balaban J connectivity index is 1.65. The summed E-state index contributed by atoms with van der Waals surface area (Å²) in [6.45, 7) is 0. The van der Waals surface area contributed by atoms with Crippen LogP contribution in [-0.2, 0) is 9.59 Å². The molecule has 2 amide bonds. The van der Waals surface area contributed by atoms with E-state index in [4.69, 9.17) is 9.62 Å². The number of furan rings is 1. The van der Waals surface area contributed by atoms with Gasteiger partial charge in [-0.25, -0.2) is 5.48 Å². The normalized spacial score (nSPS) is 16.5. The Morgan fingerprint density at radius 2 is 2.08 bits per heavy atom. The number of hydrogen-bond acceptors (Lipinski definition) is 4. The van der Waals surface area contributed by atoms with Crippen LogP contribution in [-0.4, -0.2) is 17.0 Å². The van der Waals surface area contributed by atoms with E-state index in [0.29, 0.717) is 5.57 Å². The minimum absolute atomic E-state index is 0.0281. The molecule has 0 bridgehead atoms. The lowest BCUT2D eigenvalue weighted by atomic mass is 10.1. The molecule has 1 unspecified atom stereocenters. The van der Waals surface area contributed by atoms with Gasteiger partial charge in [0.15, 0.2) is 0 Å². The van der Waals surface area contributed by atoms with E-state index in [1.54, 1.807) is 12.2 Å². The van der Waals surface area contributed by atoms with Crippen LogP contribution in [0.2, 0.25) is 0 Å². The zero-order valence-corrected chi connectivity index (χ0v) is 13.9. The monoisotopic (exact) mass is 350 g/mol. The summed E-state index contributed by atoms with van der Waals surface area (Å²) < 4.78 is 5.88. The van der Waals surface area contributed by atoms with Crippen LogP contribution in [0.1, 0.15) is 18.1 Å². The third kappa shape index (κ3) is 4.17. The number of nitrogens with one attached hydrogen (secondary N) is 2. The van der Waals surface area contributed by atoms with Gasteiger partial charge in [-0.3, -0.25) is 14.8 Å². The quantitative estimate of drug-likeness (QED) is 0.571. The van der Waals surface area contributed by atoms with Crippen LogP contribution in [0.25, 0.3) is 11.0 Å². The molecule has 3 rings (SSSR count). The summed E-state index contributed by atoms with van der Waals surface area (Å²) in [6, 6.07) is 9.79. The van der Waals surface area contributed by atoms with E-state index in [2.05, 4.69) is 5.32 Å². The number of carbonyl (C=O) groups is 2. The van der Waals surface area contributed by atoms with E-state index in [-0.39, 0.29) is 18.2 Å². The smallest absolute Gasteiger partial charge is 0.255 e. The molecule has 1 atom stereocenters. The van der Waals surface area contributed by atoms with Crippen LogP contribution in [0.4, 0.5) is 0 Å². The second kappa shape index (κ2) is 8.13. The highest BCUT2D eigenvalue weighted by molar-refractivity contribution is 5.97. The largest absolute Gasteiger partial charge is 0.460 e. The Morgan fingerprint density at radius 3 is 2.88 bits per heavy atom. The molecule has 0 radical (unpaired) electrons. The van der Waals surface area contributed by atoms with E-state index in [1.165, 1.54) is 17.8 Å². The van der Waals surface area contributed by atoms with Crippen molar-refractivity contribution in [2.24, 2.45) is 0 Å². The van der Waals surface area contributed by atoms with Gasteiger partial charge in [0.05, 0.1) is 5.92 Å². The zero-order valence-electron chi connectivity index (χ0n) is 13.9. The number of allylic oxidation sites excluding steroid dienone is 4. The van der Waals surface area contributed by atoms with E-state index in [1.807, 2.05) is 48.6 Å². The Kier molecular flexibility index (Phi) is 5.46. The lowest BCUT2D eigenvalue weighted by Gasteiger charge is -2.02. The second-order valence-corrected chi connectivity index (χ2v) is 5.69. The predicted molar refractivity (Wildman–Crippen MR) is 97.1 cm³/mol. The number of hydroxylamine groups is 1. The first-order valence-electron chi connectivity index (χ1n) is 8.11. The molecule has 26 heavy (non-hydrogen) atoms. The van der Waals surface area contributed by atoms with Gasteiger partial charge in [0.2, 0.25) is 5.91 Å². The molecule has 6 heteroatoms. The summed E-state index contributed by atoms with van der Waals surface area (Å²) in [5, 5.41) is 12.0. The summed E-state index contributed by atoms with van der Waals surface area (Å²) in [5.74, 6) is -0.103. The third-order valence-electron chi connectivity index (χ3n) is 3.87. The molecule has 0 fully saturated rings. The van der Waals surface area contributed by atoms with Gasteiger partial charge in [-0.2, -0.15) is 0 Å². The third-order valence-corrected chi connectivity index (χ3v) is 3.87. The van der Waals surface area contributed by atoms with Crippen LogP contribution in [0.3, 0.4) is 0 Å². The minimum atomic E-state index is -0.555. The summed E-state index contributed by atoms with van der Waals surface area (Å²) in [7, 11) is 0. The van der Waals surface area contributed by atoms with Gasteiger partial charge < -0.3 is 9.73 Å². The van der Waals surface area contributed by atoms with Crippen molar-refractivity contribution in [3.05, 3.63) is 84.3 Å². The van der Waals surface area contributed by atoms with Gasteiger partial charge >= 0.3 is 0 Å². The molecule has 0 aliphatic heterocycles. The molecule has 0 saturated carbocycles. The number of amides is 2. The van der Waals surface area contributed by atoms with E-state index < -0.39 is 5.91 Å². The molecule has 1 aromatic carbocycles. The van der Waals surface area contributed by atoms with Gasteiger partial charge in [-0.05, 0) is 18.2 Å². The Morgan fingerprint density at radius 1 is 1.23 bits per heavy atom. The average Bonchev–Trinajstić information content (AvgIpc) is 2.94. The van der Waals surface area contributed by atoms with E-state index >= 15 is 0 Å². The first kappa shape index (κ1) is 17.4. The Bertz CT molecular complexity index is 901. The molecule has 1 aromatic heterocycles.